The van der Waals surface area contributed by atoms with Gasteiger partial charge >= 0.3 is 0 Å². The zero-order chi connectivity index (χ0) is 23.6. The Morgan fingerprint density at radius 2 is 1.78 bits per heavy atom. The summed E-state index contributed by atoms with van der Waals surface area (Å²) >= 11 is 0. The van der Waals surface area contributed by atoms with Gasteiger partial charge in [0.2, 0.25) is 5.78 Å². The second-order valence-corrected chi connectivity index (χ2v) is 8.29. The average molecular weight is 444 g/mol. The minimum atomic E-state index is -0.975. The van der Waals surface area contributed by atoms with Crippen LogP contribution in [0.4, 0.5) is 8.78 Å². The molecule has 1 N–H and O–H groups in total. The molecule has 0 spiro atoms. The molecule has 1 aliphatic heterocycles. The number of likely N-dealkylation sites (N-methyl/N-ethyl adjacent to an activating group) is 1. The number of benzene rings is 2. The monoisotopic (exact) mass is 444 g/mol. The largest absolute Gasteiger partial charge is 0.872 e. The van der Waals surface area contributed by atoms with Gasteiger partial charge in [-0.25, -0.2) is 8.78 Å². The number of carbonyl (C=O) groups is 2. The van der Waals surface area contributed by atoms with E-state index in [9.17, 15) is 23.5 Å². The second-order valence-electron chi connectivity index (χ2n) is 8.29. The lowest BCUT2D eigenvalue weighted by Gasteiger charge is -2.27. The van der Waals surface area contributed by atoms with Gasteiger partial charge in [-0.05, 0) is 49.2 Å². The van der Waals surface area contributed by atoms with Crippen LogP contribution < -0.4 is 14.7 Å². The van der Waals surface area contributed by atoms with Crippen molar-refractivity contribution < 1.29 is 33.1 Å². The summed E-state index contributed by atoms with van der Waals surface area (Å²) in [4.78, 5) is 28.0. The van der Waals surface area contributed by atoms with E-state index in [-0.39, 0.29) is 29.5 Å². The van der Waals surface area contributed by atoms with Crippen molar-refractivity contribution in [3.8, 4) is 5.75 Å². The van der Waals surface area contributed by atoms with E-state index >= 15 is 0 Å². The molecule has 1 amide bonds. The van der Waals surface area contributed by atoms with Crippen LogP contribution in [0.1, 0.15) is 31.0 Å². The molecule has 170 valence electrons. The summed E-state index contributed by atoms with van der Waals surface area (Å²) < 4.78 is 33.3. The first kappa shape index (κ1) is 23.4. The molecule has 1 saturated heterocycles. The first-order chi connectivity index (χ1) is 15.1. The number of Topliss-reactive ketones (excluding diaryl/α,β-unsaturated/α-hetero) is 1. The number of ketones is 1. The van der Waals surface area contributed by atoms with Crippen LogP contribution in [0.5, 0.6) is 5.75 Å². The Labute approximate surface area is 185 Å². The summed E-state index contributed by atoms with van der Waals surface area (Å²) in [5, 5.41) is 13.3. The third-order valence-corrected chi connectivity index (χ3v) is 5.12. The number of halogens is 2. The highest BCUT2D eigenvalue weighted by Gasteiger charge is 2.44. The molecule has 2 aromatic carbocycles. The van der Waals surface area contributed by atoms with E-state index in [1.165, 1.54) is 41.3 Å². The van der Waals surface area contributed by atoms with Crippen molar-refractivity contribution in [1.82, 2.24) is 4.90 Å². The van der Waals surface area contributed by atoms with Crippen LogP contribution in [-0.4, -0.2) is 49.9 Å². The number of nitrogens with one attached hydrogen (secondary N) is 1. The zero-order valence-electron chi connectivity index (χ0n) is 18.4. The van der Waals surface area contributed by atoms with Crippen LogP contribution in [0.15, 0.2) is 48.0 Å². The number of rotatable bonds is 7. The minimum absolute atomic E-state index is 0.0129. The highest BCUT2D eigenvalue weighted by Crippen LogP contribution is 2.38. The summed E-state index contributed by atoms with van der Waals surface area (Å²) in [6, 6.07) is 8.00. The standard InChI is InChI=1S/C24H26F2N2O4/c1-14(2)32-19-10-7-16(13-18(19)26)22(29)20-21(15-5-8-17(25)9-6-15)28(12-11-27(3)4)24(31)23(20)30/h5-10,13-14,21,29H,11-12H2,1-4H3. The number of hydrogen-bond acceptors (Lipinski definition) is 4. The first-order valence-corrected chi connectivity index (χ1v) is 10.4. The molecule has 0 saturated carbocycles. The number of amides is 1. The Morgan fingerprint density at radius 3 is 2.34 bits per heavy atom. The van der Waals surface area contributed by atoms with Gasteiger partial charge in [0.25, 0.3) is 5.91 Å². The maximum Gasteiger partial charge on any atom is 0.295 e. The fourth-order valence-corrected chi connectivity index (χ4v) is 3.58. The maximum absolute atomic E-state index is 14.5. The average Bonchev–Trinajstić information content (AvgIpc) is 2.98. The third kappa shape index (κ3) is 4.80. The topological polar surface area (TPSA) is 74.1 Å². The third-order valence-electron chi connectivity index (χ3n) is 5.12. The molecule has 1 heterocycles. The van der Waals surface area contributed by atoms with Gasteiger partial charge in [-0.1, -0.05) is 24.0 Å². The zero-order valence-corrected chi connectivity index (χ0v) is 18.4. The lowest BCUT2D eigenvalue weighted by Crippen LogP contribution is -3.06. The van der Waals surface area contributed by atoms with Crippen LogP contribution in [0.2, 0.25) is 0 Å². The summed E-state index contributed by atoms with van der Waals surface area (Å²) in [7, 11) is 3.79. The fourth-order valence-electron chi connectivity index (χ4n) is 3.58. The van der Waals surface area contributed by atoms with Crippen LogP contribution >= 0.6 is 0 Å². The van der Waals surface area contributed by atoms with Crippen molar-refractivity contribution in [2.24, 2.45) is 0 Å². The van der Waals surface area contributed by atoms with Gasteiger partial charge in [-0.15, -0.1) is 0 Å². The van der Waals surface area contributed by atoms with Crippen molar-refractivity contribution in [2.75, 3.05) is 27.2 Å². The molecule has 0 aliphatic carbocycles. The molecule has 1 fully saturated rings. The van der Waals surface area contributed by atoms with E-state index in [1.54, 1.807) is 13.8 Å². The number of quaternary nitrogens is 1. The summed E-state index contributed by atoms with van der Waals surface area (Å²) in [6.45, 7) is 4.25. The van der Waals surface area contributed by atoms with E-state index in [4.69, 9.17) is 4.74 Å². The molecule has 1 unspecified atom stereocenters. The highest BCUT2D eigenvalue weighted by atomic mass is 19.1. The number of likely N-dealkylation sites (tertiary alicyclic amines) is 1. The van der Waals surface area contributed by atoms with Gasteiger partial charge in [0.15, 0.2) is 11.6 Å². The van der Waals surface area contributed by atoms with Crippen LogP contribution in [-0.2, 0) is 9.59 Å². The molecule has 6 nitrogen and oxygen atoms in total. The highest BCUT2D eigenvalue weighted by molar-refractivity contribution is 6.46. The molecular formula is C24H26F2N2O4. The molecule has 1 aliphatic rings. The predicted molar refractivity (Wildman–Crippen MR) is 113 cm³/mol. The maximum atomic E-state index is 14.5. The Kier molecular flexibility index (Phi) is 6.93. The van der Waals surface area contributed by atoms with E-state index in [0.29, 0.717) is 12.1 Å². The molecule has 2 aromatic rings. The Balaban J connectivity index is 2.11. The van der Waals surface area contributed by atoms with Crippen molar-refractivity contribution >= 4 is 17.4 Å². The van der Waals surface area contributed by atoms with Crippen LogP contribution in [0, 0.1) is 11.6 Å². The van der Waals surface area contributed by atoms with Gasteiger partial charge in [0, 0.05) is 5.57 Å². The van der Waals surface area contributed by atoms with Gasteiger partial charge < -0.3 is 19.6 Å². The molecule has 32 heavy (non-hydrogen) atoms. The fraction of sp³-hybridized carbons (Fsp3) is 0.333. The van der Waals surface area contributed by atoms with Crippen molar-refractivity contribution in [3.05, 3.63) is 70.8 Å². The molecule has 1 atom stereocenters. The van der Waals surface area contributed by atoms with E-state index < -0.39 is 35.1 Å². The van der Waals surface area contributed by atoms with Gasteiger partial charge in [0.05, 0.1) is 39.3 Å². The summed E-state index contributed by atoms with van der Waals surface area (Å²) in [6.07, 6.45) is -0.260. The van der Waals surface area contributed by atoms with E-state index in [2.05, 4.69) is 0 Å². The molecule has 0 aromatic heterocycles. The number of nitrogens with zero attached hydrogens (tertiary/aromatic N) is 1. The normalized spacial score (nSPS) is 18.1. The molecule has 0 radical (unpaired) electrons. The molecule has 8 heteroatoms. The first-order valence-electron chi connectivity index (χ1n) is 10.4. The number of ether oxygens (including phenoxy) is 1. The van der Waals surface area contributed by atoms with Gasteiger partial charge in [-0.3, -0.25) is 9.59 Å². The molecule has 0 bridgehead atoms. The van der Waals surface area contributed by atoms with Crippen molar-refractivity contribution in [2.45, 2.75) is 26.0 Å². The number of carbonyl (C=O) groups excluding carboxylic acids is 2. The van der Waals surface area contributed by atoms with Gasteiger partial charge in [-0.2, -0.15) is 0 Å². The van der Waals surface area contributed by atoms with E-state index in [0.717, 1.165) is 11.0 Å². The molecule has 3 rings (SSSR count). The lowest BCUT2D eigenvalue weighted by molar-refractivity contribution is -0.857. The smallest absolute Gasteiger partial charge is 0.295 e. The Morgan fingerprint density at radius 1 is 1.12 bits per heavy atom. The van der Waals surface area contributed by atoms with Crippen molar-refractivity contribution in [3.63, 3.8) is 0 Å². The van der Waals surface area contributed by atoms with Crippen molar-refractivity contribution in [1.29, 1.82) is 0 Å². The lowest BCUT2D eigenvalue weighted by atomic mass is 9.95. The molecular weight excluding hydrogens is 418 g/mol. The Hall–Kier alpha value is -3.26. The second kappa shape index (κ2) is 9.48. The van der Waals surface area contributed by atoms with Crippen LogP contribution in [0.3, 0.4) is 0 Å². The number of hydrogen-bond donors (Lipinski definition) is 1. The minimum Gasteiger partial charge on any atom is -0.872 e. The Bertz CT molecular complexity index is 1050. The quantitative estimate of drug-likeness (QED) is 0.395. The van der Waals surface area contributed by atoms with Gasteiger partial charge in [0.1, 0.15) is 5.82 Å². The van der Waals surface area contributed by atoms with Crippen LogP contribution in [0.25, 0.3) is 5.76 Å². The van der Waals surface area contributed by atoms with E-state index in [1.807, 2.05) is 14.1 Å². The summed E-state index contributed by atoms with van der Waals surface area (Å²) in [5.41, 5.74) is 0.0946. The SMILES string of the molecule is CC(C)Oc1ccc(C([O-])=C2C(=O)C(=O)N(CC[NH+](C)C)C2c2ccc(F)cc2)cc1F. The summed E-state index contributed by atoms with van der Waals surface area (Å²) in [5.74, 6) is -3.71. The predicted octanol–water partition coefficient (Wildman–Crippen LogP) is 1.12.